The molecule has 2 fully saturated rings. The molecule has 2 unspecified atom stereocenters. The summed E-state index contributed by atoms with van der Waals surface area (Å²) in [6.07, 6.45) is 1.33. The first kappa shape index (κ1) is 6.95. The number of nitrogens with one attached hydrogen (secondary N) is 1. The predicted molar refractivity (Wildman–Crippen MR) is 45.0 cm³/mol. The summed E-state index contributed by atoms with van der Waals surface area (Å²) in [5.41, 5.74) is 0. The van der Waals surface area contributed by atoms with E-state index < -0.39 is 0 Å². The SMILES string of the molecule is SN1CCC2CNCC2C1. The Morgan fingerprint density at radius 2 is 2.10 bits per heavy atom. The smallest absolute Gasteiger partial charge is 0.0131 e. The Morgan fingerprint density at radius 1 is 1.30 bits per heavy atom. The van der Waals surface area contributed by atoms with Gasteiger partial charge in [-0.1, -0.05) is 12.8 Å². The third kappa shape index (κ3) is 1.18. The van der Waals surface area contributed by atoms with Crippen molar-refractivity contribution in [1.82, 2.24) is 9.62 Å². The summed E-state index contributed by atoms with van der Waals surface area (Å²) in [5, 5.41) is 3.42. The molecule has 0 bridgehead atoms. The minimum atomic E-state index is 0.881. The van der Waals surface area contributed by atoms with Crippen LogP contribution in [-0.2, 0) is 0 Å². The van der Waals surface area contributed by atoms with Gasteiger partial charge in [-0.15, -0.1) is 0 Å². The monoisotopic (exact) mass is 158 g/mol. The Kier molecular flexibility index (Phi) is 1.89. The molecule has 0 amide bonds. The van der Waals surface area contributed by atoms with Crippen molar-refractivity contribution < 1.29 is 0 Å². The molecule has 10 heavy (non-hydrogen) atoms. The normalized spacial score (nSPS) is 41.7. The van der Waals surface area contributed by atoms with Crippen molar-refractivity contribution in [1.29, 1.82) is 0 Å². The van der Waals surface area contributed by atoms with E-state index in [4.69, 9.17) is 0 Å². The van der Waals surface area contributed by atoms with E-state index in [0.717, 1.165) is 11.8 Å². The Morgan fingerprint density at radius 3 is 3.00 bits per heavy atom. The molecule has 0 radical (unpaired) electrons. The van der Waals surface area contributed by atoms with Gasteiger partial charge in [-0.3, -0.25) is 4.31 Å². The minimum Gasteiger partial charge on any atom is -0.316 e. The van der Waals surface area contributed by atoms with Crippen LogP contribution in [0.1, 0.15) is 6.42 Å². The van der Waals surface area contributed by atoms with Gasteiger partial charge in [0.05, 0.1) is 0 Å². The van der Waals surface area contributed by atoms with Crippen molar-refractivity contribution in [2.24, 2.45) is 11.8 Å². The van der Waals surface area contributed by atoms with E-state index in [2.05, 4.69) is 22.4 Å². The molecule has 0 aromatic carbocycles. The molecule has 58 valence electrons. The standard InChI is InChI=1S/C7H14N2S/c10-9-2-1-6-3-8-4-7(6)5-9/h6-8,10H,1-5H2. The van der Waals surface area contributed by atoms with E-state index in [1.807, 2.05) is 0 Å². The first-order valence-electron chi connectivity index (χ1n) is 4.01. The highest BCUT2D eigenvalue weighted by Gasteiger charge is 2.31. The van der Waals surface area contributed by atoms with Gasteiger partial charge in [-0.2, -0.15) is 0 Å². The lowest BCUT2D eigenvalue weighted by molar-refractivity contribution is 0.244. The van der Waals surface area contributed by atoms with E-state index in [1.54, 1.807) is 0 Å². The van der Waals surface area contributed by atoms with E-state index in [-0.39, 0.29) is 0 Å². The second kappa shape index (κ2) is 2.72. The Labute approximate surface area is 67.5 Å². The molecule has 0 aromatic heterocycles. The van der Waals surface area contributed by atoms with Crippen LogP contribution in [0.15, 0.2) is 0 Å². The fraction of sp³-hybridized carbons (Fsp3) is 1.00. The van der Waals surface area contributed by atoms with Crippen LogP contribution in [0.4, 0.5) is 0 Å². The van der Waals surface area contributed by atoms with Crippen molar-refractivity contribution in [2.45, 2.75) is 6.42 Å². The number of hydrogen-bond acceptors (Lipinski definition) is 3. The molecular formula is C7H14N2S. The molecule has 2 nitrogen and oxygen atoms in total. The van der Waals surface area contributed by atoms with Crippen molar-refractivity contribution >= 4 is 12.8 Å². The molecule has 0 aliphatic carbocycles. The van der Waals surface area contributed by atoms with Gasteiger partial charge < -0.3 is 5.32 Å². The van der Waals surface area contributed by atoms with Gasteiger partial charge in [-0.05, 0) is 31.3 Å². The maximum absolute atomic E-state index is 4.35. The average Bonchev–Trinajstić information content (AvgIpc) is 2.33. The quantitative estimate of drug-likeness (QED) is 0.495. The largest absolute Gasteiger partial charge is 0.316 e. The second-order valence-corrected chi connectivity index (χ2v) is 3.95. The molecule has 0 saturated carbocycles. The van der Waals surface area contributed by atoms with Crippen LogP contribution < -0.4 is 5.32 Å². The van der Waals surface area contributed by atoms with Gasteiger partial charge in [0.15, 0.2) is 0 Å². The van der Waals surface area contributed by atoms with E-state index >= 15 is 0 Å². The zero-order chi connectivity index (χ0) is 6.97. The van der Waals surface area contributed by atoms with Gasteiger partial charge in [0, 0.05) is 13.1 Å². The Bertz CT molecular complexity index is 129. The molecule has 1 N–H and O–H groups in total. The third-order valence-corrected chi connectivity index (χ3v) is 3.05. The maximum atomic E-state index is 4.35. The van der Waals surface area contributed by atoms with Gasteiger partial charge in [-0.25, -0.2) is 0 Å². The highest BCUT2D eigenvalue weighted by Crippen LogP contribution is 2.26. The summed E-state index contributed by atoms with van der Waals surface area (Å²) in [4.78, 5) is 0. The summed E-state index contributed by atoms with van der Waals surface area (Å²) in [5.74, 6) is 1.83. The topological polar surface area (TPSA) is 15.3 Å². The fourth-order valence-electron chi connectivity index (χ4n) is 2.02. The van der Waals surface area contributed by atoms with Crippen molar-refractivity contribution in [3.05, 3.63) is 0 Å². The van der Waals surface area contributed by atoms with E-state index in [9.17, 15) is 0 Å². The molecule has 2 heterocycles. The lowest BCUT2D eigenvalue weighted by Crippen LogP contribution is -2.34. The number of nitrogens with zero attached hydrogens (tertiary/aromatic N) is 1. The summed E-state index contributed by atoms with van der Waals surface area (Å²) in [6.45, 7) is 4.81. The molecular weight excluding hydrogens is 144 g/mol. The molecule has 3 heteroatoms. The number of hydrogen-bond donors (Lipinski definition) is 2. The van der Waals surface area contributed by atoms with Crippen molar-refractivity contribution in [3.63, 3.8) is 0 Å². The van der Waals surface area contributed by atoms with Gasteiger partial charge >= 0.3 is 0 Å². The molecule has 0 spiro atoms. The molecule has 2 atom stereocenters. The van der Waals surface area contributed by atoms with Crippen LogP contribution in [0.5, 0.6) is 0 Å². The first-order chi connectivity index (χ1) is 4.86. The van der Waals surface area contributed by atoms with Crippen molar-refractivity contribution in [3.8, 4) is 0 Å². The van der Waals surface area contributed by atoms with E-state index in [1.165, 1.54) is 32.6 Å². The predicted octanol–water partition coefficient (Wildman–Crippen LogP) is 0.372. The van der Waals surface area contributed by atoms with Gasteiger partial charge in [0.1, 0.15) is 0 Å². The number of piperidine rings is 1. The lowest BCUT2D eigenvalue weighted by Gasteiger charge is -2.30. The van der Waals surface area contributed by atoms with Gasteiger partial charge in [0.2, 0.25) is 0 Å². The Balaban J connectivity index is 1.96. The molecule has 2 rings (SSSR count). The second-order valence-electron chi connectivity index (χ2n) is 3.38. The fourth-order valence-corrected chi connectivity index (χ4v) is 2.34. The van der Waals surface area contributed by atoms with Gasteiger partial charge in [0.25, 0.3) is 0 Å². The molecule has 2 aliphatic rings. The molecule has 0 aromatic rings. The van der Waals surface area contributed by atoms with Crippen LogP contribution in [0.25, 0.3) is 0 Å². The maximum Gasteiger partial charge on any atom is 0.0131 e. The number of fused-ring (bicyclic) bond motifs is 1. The summed E-state index contributed by atoms with van der Waals surface area (Å²) < 4.78 is 2.15. The zero-order valence-electron chi connectivity index (χ0n) is 6.08. The average molecular weight is 158 g/mol. The zero-order valence-corrected chi connectivity index (χ0v) is 6.98. The Hall–Kier alpha value is 0.270. The van der Waals surface area contributed by atoms with Crippen LogP contribution in [0, 0.1) is 11.8 Å². The highest BCUT2D eigenvalue weighted by atomic mass is 32.1. The number of rotatable bonds is 0. The van der Waals surface area contributed by atoms with Crippen LogP contribution in [0.3, 0.4) is 0 Å². The minimum absolute atomic E-state index is 0.881. The lowest BCUT2D eigenvalue weighted by atomic mass is 9.90. The number of thiol groups is 1. The van der Waals surface area contributed by atoms with E-state index in [0.29, 0.717) is 0 Å². The molecule has 2 aliphatic heterocycles. The highest BCUT2D eigenvalue weighted by molar-refractivity contribution is 7.77. The molecule has 2 saturated heterocycles. The van der Waals surface area contributed by atoms with Crippen molar-refractivity contribution in [2.75, 3.05) is 26.2 Å². The summed E-state index contributed by atoms with van der Waals surface area (Å²) >= 11 is 4.35. The van der Waals surface area contributed by atoms with Crippen LogP contribution >= 0.6 is 12.8 Å². The van der Waals surface area contributed by atoms with Crippen LogP contribution in [-0.4, -0.2) is 30.5 Å². The third-order valence-electron chi connectivity index (χ3n) is 2.68. The summed E-state index contributed by atoms with van der Waals surface area (Å²) in [6, 6.07) is 0. The summed E-state index contributed by atoms with van der Waals surface area (Å²) in [7, 11) is 0. The van der Waals surface area contributed by atoms with Crippen LogP contribution in [0.2, 0.25) is 0 Å². The first-order valence-corrected chi connectivity index (χ1v) is 4.41.